The van der Waals surface area contributed by atoms with Gasteiger partial charge in [0, 0.05) is 26.6 Å². The maximum Gasteiger partial charge on any atom is 0.305 e. The number of carbonyl (C=O) groups is 2. The van der Waals surface area contributed by atoms with Crippen molar-refractivity contribution in [1.29, 1.82) is 0 Å². The Morgan fingerprint density at radius 1 is 1.00 bits per heavy atom. The zero-order valence-electron chi connectivity index (χ0n) is 12.3. The van der Waals surface area contributed by atoms with Gasteiger partial charge in [0.25, 0.3) is 0 Å². The largest absolute Gasteiger partial charge is 0.466 e. The van der Waals surface area contributed by atoms with Crippen LogP contribution in [0.3, 0.4) is 0 Å². The zero-order valence-corrected chi connectivity index (χ0v) is 12.3. The minimum atomic E-state index is -0.261. The highest BCUT2D eigenvalue weighted by atomic mass is 16.5. The second-order valence-electron chi connectivity index (χ2n) is 4.55. The fourth-order valence-corrected chi connectivity index (χ4v) is 1.52. The molecule has 0 spiro atoms. The molecule has 5 heteroatoms. The second-order valence-corrected chi connectivity index (χ2v) is 4.55. The molecule has 0 saturated carbocycles. The molecule has 0 aromatic carbocycles. The third-order valence-corrected chi connectivity index (χ3v) is 2.76. The fraction of sp³-hybridized carbons (Fsp3) is 0.857. The summed E-state index contributed by atoms with van der Waals surface area (Å²) in [4.78, 5) is 22.4. The van der Waals surface area contributed by atoms with Crippen molar-refractivity contribution in [3.63, 3.8) is 0 Å². The molecule has 112 valence electrons. The van der Waals surface area contributed by atoms with E-state index in [-0.39, 0.29) is 24.8 Å². The molecule has 0 heterocycles. The fourth-order valence-electron chi connectivity index (χ4n) is 1.52. The molecule has 0 bridgehead atoms. The van der Waals surface area contributed by atoms with Crippen LogP contribution in [-0.2, 0) is 23.8 Å². The van der Waals surface area contributed by atoms with Crippen LogP contribution >= 0.6 is 0 Å². The third kappa shape index (κ3) is 11.7. The number of hydrogen-bond acceptors (Lipinski definition) is 5. The third-order valence-electron chi connectivity index (χ3n) is 2.76. The molecule has 0 amide bonds. The SMILES string of the molecule is CCOC(=O)CCCC(=O)OCCC(C)CCOC. The van der Waals surface area contributed by atoms with Crippen molar-refractivity contribution in [2.75, 3.05) is 26.9 Å². The van der Waals surface area contributed by atoms with Crippen molar-refractivity contribution in [3.8, 4) is 0 Å². The van der Waals surface area contributed by atoms with Crippen molar-refractivity contribution < 1.29 is 23.8 Å². The first-order valence-electron chi connectivity index (χ1n) is 6.90. The number of carbonyl (C=O) groups excluding carboxylic acids is 2. The van der Waals surface area contributed by atoms with Gasteiger partial charge in [-0.3, -0.25) is 9.59 Å². The number of hydrogen-bond donors (Lipinski definition) is 0. The lowest BCUT2D eigenvalue weighted by molar-refractivity contribution is -0.145. The highest BCUT2D eigenvalue weighted by Gasteiger charge is 2.08. The lowest BCUT2D eigenvalue weighted by Crippen LogP contribution is -2.11. The first-order valence-corrected chi connectivity index (χ1v) is 6.90. The van der Waals surface area contributed by atoms with E-state index in [0.29, 0.717) is 25.6 Å². The summed E-state index contributed by atoms with van der Waals surface area (Å²) in [6.07, 6.45) is 2.83. The summed E-state index contributed by atoms with van der Waals surface area (Å²) in [6, 6.07) is 0. The van der Waals surface area contributed by atoms with Gasteiger partial charge in [-0.05, 0) is 32.1 Å². The van der Waals surface area contributed by atoms with Crippen molar-refractivity contribution >= 4 is 11.9 Å². The smallest absolute Gasteiger partial charge is 0.305 e. The Morgan fingerprint density at radius 3 is 2.16 bits per heavy atom. The van der Waals surface area contributed by atoms with Crippen LogP contribution in [0.25, 0.3) is 0 Å². The molecule has 19 heavy (non-hydrogen) atoms. The quantitative estimate of drug-likeness (QED) is 0.541. The van der Waals surface area contributed by atoms with Crippen LogP contribution in [-0.4, -0.2) is 38.9 Å². The molecule has 0 aliphatic heterocycles. The molecule has 0 aliphatic rings. The Labute approximate surface area is 115 Å². The van der Waals surface area contributed by atoms with Crippen LogP contribution in [0, 0.1) is 5.92 Å². The first-order chi connectivity index (χ1) is 9.10. The number of methoxy groups -OCH3 is 1. The summed E-state index contributed by atoms with van der Waals surface area (Å²) in [5.74, 6) is -0.0287. The van der Waals surface area contributed by atoms with Gasteiger partial charge in [-0.25, -0.2) is 0 Å². The Hall–Kier alpha value is -1.10. The molecule has 0 rings (SSSR count). The molecule has 0 aromatic rings. The minimum absolute atomic E-state index is 0.247. The van der Waals surface area contributed by atoms with E-state index in [2.05, 4.69) is 6.92 Å². The van der Waals surface area contributed by atoms with Crippen LogP contribution in [0.15, 0.2) is 0 Å². The predicted octanol–water partition coefficient (Wildman–Crippen LogP) is 2.33. The Morgan fingerprint density at radius 2 is 1.58 bits per heavy atom. The molecule has 1 atom stereocenters. The van der Waals surface area contributed by atoms with Crippen molar-refractivity contribution in [2.45, 2.75) is 46.0 Å². The maximum atomic E-state index is 11.4. The minimum Gasteiger partial charge on any atom is -0.466 e. The predicted molar refractivity (Wildman–Crippen MR) is 71.7 cm³/mol. The maximum absolute atomic E-state index is 11.4. The molecule has 1 unspecified atom stereocenters. The van der Waals surface area contributed by atoms with Crippen LogP contribution in [0.4, 0.5) is 0 Å². The average molecular weight is 274 g/mol. The number of rotatable bonds is 11. The van der Waals surface area contributed by atoms with E-state index < -0.39 is 0 Å². The molecule has 0 saturated heterocycles. The van der Waals surface area contributed by atoms with Gasteiger partial charge >= 0.3 is 11.9 Å². The van der Waals surface area contributed by atoms with Crippen molar-refractivity contribution in [3.05, 3.63) is 0 Å². The summed E-state index contributed by atoms with van der Waals surface area (Å²) >= 11 is 0. The molecule has 0 fully saturated rings. The Bertz CT molecular complexity index is 252. The summed E-state index contributed by atoms with van der Waals surface area (Å²) in [5, 5.41) is 0. The normalized spacial score (nSPS) is 11.9. The topological polar surface area (TPSA) is 61.8 Å². The van der Waals surface area contributed by atoms with Gasteiger partial charge < -0.3 is 14.2 Å². The molecule has 0 aromatic heterocycles. The summed E-state index contributed by atoms with van der Waals surface area (Å²) in [6.45, 7) is 5.41. The summed E-state index contributed by atoms with van der Waals surface area (Å²) < 4.78 is 14.9. The van der Waals surface area contributed by atoms with Gasteiger partial charge in [0.05, 0.1) is 13.2 Å². The van der Waals surface area contributed by atoms with Crippen LogP contribution in [0.1, 0.15) is 46.0 Å². The molecule has 0 radical (unpaired) electrons. The van der Waals surface area contributed by atoms with E-state index in [9.17, 15) is 9.59 Å². The first kappa shape index (κ1) is 17.9. The molecule has 0 aliphatic carbocycles. The van der Waals surface area contributed by atoms with Gasteiger partial charge in [0.1, 0.15) is 0 Å². The van der Waals surface area contributed by atoms with E-state index in [4.69, 9.17) is 14.2 Å². The van der Waals surface area contributed by atoms with Gasteiger partial charge in [-0.2, -0.15) is 0 Å². The van der Waals surface area contributed by atoms with Crippen LogP contribution in [0.2, 0.25) is 0 Å². The molecular weight excluding hydrogens is 248 g/mol. The van der Waals surface area contributed by atoms with Gasteiger partial charge in [-0.1, -0.05) is 6.92 Å². The number of esters is 2. The van der Waals surface area contributed by atoms with Crippen molar-refractivity contribution in [1.82, 2.24) is 0 Å². The standard InChI is InChI=1S/C14H26O5/c1-4-18-13(15)6-5-7-14(16)19-11-9-12(2)8-10-17-3/h12H,4-11H2,1-3H3. The van der Waals surface area contributed by atoms with Crippen LogP contribution < -0.4 is 0 Å². The lowest BCUT2D eigenvalue weighted by Gasteiger charge is -2.10. The average Bonchev–Trinajstić information content (AvgIpc) is 2.36. The highest BCUT2D eigenvalue weighted by molar-refractivity contribution is 5.72. The summed E-state index contributed by atoms with van der Waals surface area (Å²) in [7, 11) is 1.68. The molecular formula is C14H26O5. The van der Waals surface area contributed by atoms with Crippen LogP contribution in [0.5, 0.6) is 0 Å². The van der Waals surface area contributed by atoms with Crippen molar-refractivity contribution in [2.24, 2.45) is 5.92 Å². The Balaban J connectivity index is 3.46. The van der Waals surface area contributed by atoms with E-state index >= 15 is 0 Å². The second kappa shape index (κ2) is 12.0. The Kier molecular flexibility index (Phi) is 11.3. The van der Waals surface area contributed by atoms with Gasteiger partial charge in [-0.15, -0.1) is 0 Å². The number of ether oxygens (including phenoxy) is 3. The van der Waals surface area contributed by atoms with E-state index in [1.807, 2.05) is 0 Å². The summed E-state index contributed by atoms with van der Waals surface area (Å²) in [5.41, 5.74) is 0. The van der Waals surface area contributed by atoms with E-state index in [0.717, 1.165) is 19.4 Å². The lowest BCUT2D eigenvalue weighted by atomic mass is 10.1. The molecule has 5 nitrogen and oxygen atoms in total. The van der Waals surface area contributed by atoms with E-state index in [1.165, 1.54) is 0 Å². The van der Waals surface area contributed by atoms with Gasteiger partial charge in [0.2, 0.25) is 0 Å². The monoisotopic (exact) mass is 274 g/mol. The highest BCUT2D eigenvalue weighted by Crippen LogP contribution is 2.08. The zero-order chi connectivity index (χ0) is 14.5. The van der Waals surface area contributed by atoms with Gasteiger partial charge in [0.15, 0.2) is 0 Å². The molecule has 0 N–H and O–H groups in total. The van der Waals surface area contributed by atoms with E-state index in [1.54, 1.807) is 14.0 Å².